The highest BCUT2D eigenvalue weighted by atomic mass is 35.5. The number of aryl methyl sites for hydroxylation is 1. The zero-order valence-electron chi connectivity index (χ0n) is 12.0. The number of benzene rings is 2. The van der Waals surface area contributed by atoms with Crippen LogP contribution in [0, 0.1) is 0 Å². The van der Waals surface area contributed by atoms with Crippen molar-refractivity contribution in [3.63, 3.8) is 0 Å². The molecule has 0 aliphatic carbocycles. The summed E-state index contributed by atoms with van der Waals surface area (Å²) >= 11 is 5.97. The van der Waals surface area contributed by atoms with Gasteiger partial charge in [0.15, 0.2) is 0 Å². The van der Waals surface area contributed by atoms with Gasteiger partial charge in [-0.3, -0.25) is 4.79 Å². The van der Waals surface area contributed by atoms with Gasteiger partial charge in [0, 0.05) is 10.7 Å². The Kier molecular flexibility index (Phi) is 4.86. The van der Waals surface area contributed by atoms with Crippen LogP contribution in [0.25, 0.3) is 0 Å². The predicted molar refractivity (Wildman–Crippen MR) is 87.4 cm³/mol. The Morgan fingerprint density at radius 2 is 1.90 bits per heavy atom. The van der Waals surface area contributed by atoms with Crippen LogP contribution in [-0.4, -0.2) is 11.4 Å². The largest absolute Gasteiger partial charge is 0.371 e. The SMILES string of the molecule is CC(CCc1ccccc1)(Nc1cccc(Cl)c1)C(N)=O. The lowest BCUT2D eigenvalue weighted by molar-refractivity contribution is -0.122. The van der Waals surface area contributed by atoms with Crippen LogP contribution in [-0.2, 0) is 11.2 Å². The van der Waals surface area contributed by atoms with Crippen LogP contribution in [0.15, 0.2) is 54.6 Å². The first-order valence-corrected chi connectivity index (χ1v) is 7.25. The first kappa shape index (κ1) is 15.4. The van der Waals surface area contributed by atoms with E-state index in [1.54, 1.807) is 12.1 Å². The number of hydrogen-bond acceptors (Lipinski definition) is 2. The van der Waals surface area contributed by atoms with Crippen LogP contribution in [0.2, 0.25) is 5.02 Å². The Morgan fingerprint density at radius 1 is 1.19 bits per heavy atom. The lowest BCUT2D eigenvalue weighted by atomic mass is 9.92. The Hall–Kier alpha value is -2.00. The number of primary amides is 1. The molecule has 110 valence electrons. The number of amides is 1. The molecule has 2 rings (SSSR count). The van der Waals surface area contributed by atoms with E-state index in [-0.39, 0.29) is 5.91 Å². The number of nitrogens with one attached hydrogen (secondary N) is 1. The van der Waals surface area contributed by atoms with Crippen molar-refractivity contribution < 1.29 is 4.79 Å². The lowest BCUT2D eigenvalue weighted by Gasteiger charge is -2.29. The van der Waals surface area contributed by atoms with Gasteiger partial charge in [0.25, 0.3) is 0 Å². The van der Waals surface area contributed by atoms with Crippen LogP contribution >= 0.6 is 11.6 Å². The molecule has 3 nitrogen and oxygen atoms in total. The molecule has 2 aromatic rings. The number of carbonyl (C=O) groups is 1. The molecule has 4 heteroatoms. The Balaban J connectivity index is 2.11. The smallest absolute Gasteiger partial charge is 0.242 e. The van der Waals surface area contributed by atoms with E-state index < -0.39 is 5.54 Å². The van der Waals surface area contributed by atoms with E-state index in [0.29, 0.717) is 11.4 Å². The van der Waals surface area contributed by atoms with Gasteiger partial charge in [-0.15, -0.1) is 0 Å². The van der Waals surface area contributed by atoms with Crippen molar-refractivity contribution in [3.8, 4) is 0 Å². The number of halogens is 1. The molecule has 0 bridgehead atoms. The molecule has 0 radical (unpaired) electrons. The van der Waals surface area contributed by atoms with Gasteiger partial charge in [-0.1, -0.05) is 48.0 Å². The van der Waals surface area contributed by atoms with E-state index in [0.717, 1.165) is 12.1 Å². The summed E-state index contributed by atoms with van der Waals surface area (Å²) in [6, 6.07) is 17.3. The molecule has 21 heavy (non-hydrogen) atoms. The van der Waals surface area contributed by atoms with Gasteiger partial charge >= 0.3 is 0 Å². The zero-order valence-corrected chi connectivity index (χ0v) is 12.7. The maximum absolute atomic E-state index is 11.9. The first-order chi connectivity index (χ1) is 9.99. The van der Waals surface area contributed by atoms with Crippen molar-refractivity contribution >= 4 is 23.2 Å². The normalized spacial score (nSPS) is 13.4. The molecule has 0 heterocycles. The fourth-order valence-corrected chi connectivity index (χ4v) is 2.36. The average Bonchev–Trinajstić information content (AvgIpc) is 2.46. The van der Waals surface area contributed by atoms with Crippen LogP contribution in [0.4, 0.5) is 5.69 Å². The lowest BCUT2D eigenvalue weighted by Crippen LogP contribution is -2.48. The quantitative estimate of drug-likeness (QED) is 0.856. The molecule has 0 spiro atoms. The summed E-state index contributed by atoms with van der Waals surface area (Å²) in [5.41, 5.74) is 6.74. The molecule has 2 aromatic carbocycles. The van der Waals surface area contributed by atoms with E-state index in [1.807, 2.05) is 49.4 Å². The molecule has 0 saturated heterocycles. The third kappa shape index (κ3) is 4.23. The third-order valence-corrected chi connectivity index (χ3v) is 3.78. The Labute approximate surface area is 130 Å². The molecule has 1 atom stereocenters. The second kappa shape index (κ2) is 6.64. The van der Waals surface area contributed by atoms with Gasteiger partial charge in [-0.2, -0.15) is 0 Å². The highest BCUT2D eigenvalue weighted by molar-refractivity contribution is 6.30. The summed E-state index contributed by atoms with van der Waals surface area (Å²) in [6.07, 6.45) is 1.38. The van der Waals surface area contributed by atoms with Crippen molar-refractivity contribution in [2.24, 2.45) is 5.73 Å². The van der Waals surface area contributed by atoms with Crippen molar-refractivity contribution in [3.05, 3.63) is 65.2 Å². The van der Waals surface area contributed by atoms with Crippen molar-refractivity contribution in [1.82, 2.24) is 0 Å². The summed E-state index contributed by atoms with van der Waals surface area (Å²) in [7, 11) is 0. The summed E-state index contributed by atoms with van der Waals surface area (Å²) in [5.74, 6) is -0.376. The van der Waals surface area contributed by atoms with Gasteiger partial charge < -0.3 is 11.1 Å². The average molecular weight is 303 g/mol. The highest BCUT2D eigenvalue weighted by Gasteiger charge is 2.30. The van der Waals surface area contributed by atoms with Gasteiger partial charge in [0.05, 0.1) is 0 Å². The van der Waals surface area contributed by atoms with Crippen LogP contribution < -0.4 is 11.1 Å². The van der Waals surface area contributed by atoms with Crippen LogP contribution in [0.3, 0.4) is 0 Å². The molecule has 0 aliphatic heterocycles. The maximum atomic E-state index is 11.9. The Morgan fingerprint density at radius 3 is 2.52 bits per heavy atom. The summed E-state index contributed by atoms with van der Waals surface area (Å²) in [4.78, 5) is 11.9. The molecule has 1 unspecified atom stereocenters. The van der Waals surface area contributed by atoms with Crippen LogP contribution in [0.5, 0.6) is 0 Å². The predicted octanol–water partition coefficient (Wildman–Crippen LogP) is 3.63. The van der Waals surface area contributed by atoms with E-state index in [9.17, 15) is 4.79 Å². The number of nitrogens with two attached hydrogens (primary N) is 1. The monoisotopic (exact) mass is 302 g/mol. The minimum Gasteiger partial charge on any atom is -0.371 e. The number of anilines is 1. The Bertz CT molecular complexity index is 615. The number of hydrogen-bond donors (Lipinski definition) is 2. The maximum Gasteiger partial charge on any atom is 0.242 e. The van der Waals surface area contributed by atoms with E-state index in [2.05, 4.69) is 5.32 Å². The topological polar surface area (TPSA) is 55.1 Å². The summed E-state index contributed by atoms with van der Waals surface area (Å²) in [6.45, 7) is 1.82. The van der Waals surface area contributed by atoms with E-state index >= 15 is 0 Å². The highest BCUT2D eigenvalue weighted by Crippen LogP contribution is 2.23. The minimum atomic E-state index is -0.819. The standard InChI is InChI=1S/C17H19ClN2O/c1-17(16(19)21,11-10-13-6-3-2-4-7-13)20-15-9-5-8-14(18)12-15/h2-9,12,20H,10-11H2,1H3,(H2,19,21). The fourth-order valence-electron chi connectivity index (χ4n) is 2.17. The molecule has 0 aliphatic rings. The molecule has 0 fully saturated rings. The van der Waals surface area contributed by atoms with Gasteiger partial charge in [0.1, 0.15) is 5.54 Å². The van der Waals surface area contributed by atoms with Gasteiger partial charge in [-0.05, 0) is 43.5 Å². The molecular formula is C17H19ClN2O. The number of carbonyl (C=O) groups excluding carboxylic acids is 1. The molecular weight excluding hydrogens is 284 g/mol. The van der Waals surface area contributed by atoms with Gasteiger partial charge in [0.2, 0.25) is 5.91 Å². The molecule has 1 amide bonds. The van der Waals surface area contributed by atoms with Crippen molar-refractivity contribution in [2.45, 2.75) is 25.3 Å². The zero-order chi connectivity index (χ0) is 15.3. The first-order valence-electron chi connectivity index (χ1n) is 6.87. The third-order valence-electron chi connectivity index (χ3n) is 3.55. The van der Waals surface area contributed by atoms with E-state index in [4.69, 9.17) is 17.3 Å². The molecule has 0 aromatic heterocycles. The second-order valence-corrected chi connectivity index (χ2v) is 5.75. The van der Waals surface area contributed by atoms with Crippen LogP contribution in [0.1, 0.15) is 18.9 Å². The van der Waals surface area contributed by atoms with Crippen molar-refractivity contribution in [1.29, 1.82) is 0 Å². The molecule has 3 N–H and O–H groups in total. The molecule has 0 saturated carbocycles. The number of rotatable bonds is 6. The summed E-state index contributed by atoms with van der Waals surface area (Å²) in [5, 5.41) is 3.83. The van der Waals surface area contributed by atoms with Gasteiger partial charge in [-0.25, -0.2) is 0 Å². The van der Waals surface area contributed by atoms with E-state index in [1.165, 1.54) is 5.56 Å². The summed E-state index contributed by atoms with van der Waals surface area (Å²) < 4.78 is 0. The second-order valence-electron chi connectivity index (χ2n) is 5.32. The fraction of sp³-hybridized carbons (Fsp3) is 0.235. The van der Waals surface area contributed by atoms with Crippen molar-refractivity contribution in [2.75, 3.05) is 5.32 Å². The minimum absolute atomic E-state index is 0.376.